The second kappa shape index (κ2) is 14.1. The Hall–Kier alpha value is -2.11. The van der Waals surface area contributed by atoms with Gasteiger partial charge in [0.1, 0.15) is 34.3 Å². The van der Waals surface area contributed by atoms with Gasteiger partial charge in [0, 0.05) is 12.8 Å². The highest BCUT2D eigenvalue weighted by atomic mass is 32.2. The summed E-state index contributed by atoms with van der Waals surface area (Å²) < 4.78 is 41.4. The number of carbonyl (C=O) groups excluding carboxylic acids is 1. The summed E-state index contributed by atoms with van der Waals surface area (Å²) in [6.45, 7) is 2.24. The van der Waals surface area contributed by atoms with Gasteiger partial charge in [0.2, 0.25) is 5.91 Å². The van der Waals surface area contributed by atoms with Gasteiger partial charge in [-0.15, -0.1) is 0 Å². The smallest absolute Gasteiger partial charge is 0.229 e. The molecule has 10 heteroatoms. The van der Waals surface area contributed by atoms with Crippen LogP contribution in [0.1, 0.15) is 12.0 Å². The zero-order chi connectivity index (χ0) is 24.1. The molecule has 2 rings (SSSR count). The van der Waals surface area contributed by atoms with Gasteiger partial charge in [-0.25, -0.2) is 8.42 Å². The second-order valence-electron chi connectivity index (χ2n) is 7.20. The number of hydrogen-bond acceptors (Lipinski definition) is 7. The van der Waals surface area contributed by atoms with E-state index in [0.29, 0.717) is 12.2 Å². The summed E-state index contributed by atoms with van der Waals surface area (Å²) in [5.41, 5.74) is 1.68. The van der Waals surface area contributed by atoms with Gasteiger partial charge < -0.3 is 24.4 Å². The minimum Gasteiger partial charge on any atom is -0.744 e. The summed E-state index contributed by atoms with van der Waals surface area (Å²) >= 11 is 0. The first kappa shape index (κ1) is 27.9. The summed E-state index contributed by atoms with van der Waals surface area (Å²) in [4.78, 5) is 11.5. The average molecular weight is 486 g/mol. The second-order valence-corrected chi connectivity index (χ2v) is 11.0. The van der Waals surface area contributed by atoms with Gasteiger partial charge in [-0.05, 0) is 54.2 Å². The van der Waals surface area contributed by atoms with E-state index >= 15 is 0 Å². The molecule has 1 amide bonds. The van der Waals surface area contributed by atoms with Gasteiger partial charge >= 0.3 is 0 Å². The van der Waals surface area contributed by atoms with E-state index in [9.17, 15) is 22.9 Å². The number of aliphatic hydroxyl groups is 1. The topological polar surface area (TPSA) is 125 Å². The summed E-state index contributed by atoms with van der Waals surface area (Å²) in [6.07, 6.45) is 4.14. The first-order valence-electron chi connectivity index (χ1n) is 9.77. The van der Waals surface area contributed by atoms with Crippen molar-refractivity contribution in [3.05, 3.63) is 54.1 Å². The van der Waals surface area contributed by atoms with Crippen molar-refractivity contribution in [2.24, 2.45) is 0 Å². The lowest BCUT2D eigenvalue weighted by molar-refractivity contribution is -0.115. The van der Waals surface area contributed by atoms with Crippen molar-refractivity contribution in [1.82, 2.24) is 0 Å². The third-order valence-electron chi connectivity index (χ3n) is 3.99. The maximum absolute atomic E-state index is 11.7. The number of hydrogen-bond donors (Lipinski definition) is 2. The van der Waals surface area contributed by atoms with Gasteiger partial charge in [0.15, 0.2) is 0 Å². The van der Waals surface area contributed by atoms with E-state index in [1.54, 1.807) is 36.4 Å². The SMILES string of the molecule is COCC(O)COc1ccc(NC(=O)CC[S+](C)C)cc1.Cc1ccc(S(=O)(=O)[O-])cc1. The molecule has 32 heavy (non-hydrogen) atoms. The van der Waals surface area contributed by atoms with Crippen LogP contribution in [0.25, 0.3) is 0 Å². The van der Waals surface area contributed by atoms with Crippen molar-refractivity contribution in [2.75, 3.05) is 43.9 Å². The zero-order valence-electron chi connectivity index (χ0n) is 18.7. The lowest BCUT2D eigenvalue weighted by Crippen LogP contribution is -2.22. The van der Waals surface area contributed by atoms with Crippen LogP contribution in [-0.2, 0) is 30.5 Å². The van der Waals surface area contributed by atoms with E-state index in [1.807, 2.05) is 6.92 Å². The number of rotatable bonds is 10. The van der Waals surface area contributed by atoms with Crippen LogP contribution in [-0.4, -0.2) is 68.7 Å². The molecule has 1 atom stereocenters. The molecule has 2 N–H and O–H groups in total. The summed E-state index contributed by atoms with van der Waals surface area (Å²) in [7, 11) is -2.46. The molecule has 0 saturated carbocycles. The van der Waals surface area contributed by atoms with Crippen LogP contribution in [0.3, 0.4) is 0 Å². The lowest BCUT2D eigenvalue weighted by atomic mass is 10.2. The quantitative estimate of drug-likeness (QED) is 0.390. The molecular formula is C22H31NO7S2. The molecular weight excluding hydrogens is 454 g/mol. The minimum absolute atomic E-state index is 0.0281. The Morgan fingerprint density at radius 1 is 1.09 bits per heavy atom. The van der Waals surface area contributed by atoms with Crippen LogP contribution < -0.4 is 10.1 Å². The fourth-order valence-electron chi connectivity index (χ4n) is 2.29. The monoisotopic (exact) mass is 485 g/mol. The predicted molar refractivity (Wildman–Crippen MR) is 126 cm³/mol. The van der Waals surface area contributed by atoms with Gasteiger partial charge in [-0.3, -0.25) is 4.79 Å². The Kier molecular flexibility index (Phi) is 12.3. The first-order valence-corrected chi connectivity index (χ1v) is 13.4. The molecule has 2 aromatic carbocycles. The Balaban J connectivity index is 0.000000389. The molecule has 0 saturated heterocycles. The average Bonchev–Trinajstić information content (AvgIpc) is 2.72. The normalized spacial score (nSPS) is 12.0. The fraction of sp³-hybridized carbons (Fsp3) is 0.409. The van der Waals surface area contributed by atoms with Crippen molar-refractivity contribution in [3.8, 4) is 5.75 Å². The number of carbonyl (C=O) groups is 1. The number of anilines is 1. The first-order chi connectivity index (χ1) is 15.0. The van der Waals surface area contributed by atoms with Crippen LogP contribution in [0, 0.1) is 6.92 Å². The maximum atomic E-state index is 11.7. The molecule has 0 radical (unpaired) electrons. The molecule has 2 aromatic rings. The van der Waals surface area contributed by atoms with Gasteiger partial charge in [-0.1, -0.05) is 17.7 Å². The van der Waals surface area contributed by atoms with E-state index < -0.39 is 16.2 Å². The molecule has 0 aliphatic rings. The van der Waals surface area contributed by atoms with Crippen molar-refractivity contribution in [3.63, 3.8) is 0 Å². The number of aryl methyl sites for hydroxylation is 1. The van der Waals surface area contributed by atoms with Gasteiger partial charge in [-0.2, -0.15) is 0 Å². The van der Waals surface area contributed by atoms with Gasteiger partial charge in [0.05, 0.1) is 30.4 Å². The zero-order valence-corrected chi connectivity index (χ0v) is 20.4. The highest BCUT2D eigenvalue weighted by molar-refractivity contribution is 7.95. The summed E-state index contributed by atoms with van der Waals surface area (Å²) in [5, 5.41) is 12.3. The van der Waals surface area contributed by atoms with Crippen molar-refractivity contribution < 1.29 is 32.3 Å². The molecule has 1 unspecified atom stereocenters. The third kappa shape index (κ3) is 12.1. The van der Waals surface area contributed by atoms with E-state index in [0.717, 1.165) is 17.0 Å². The van der Waals surface area contributed by atoms with Crippen LogP contribution in [0.4, 0.5) is 5.69 Å². The Morgan fingerprint density at radius 2 is 1.69 bits per heavy atom. The number of ether oxygens (including phenoxy) is 2. The number of benzene rings is 2. The van der Waals surface area contributed by atoms with E-state index in [2.05, 4.69) is 17.8 Å². The molecule has 0 bridgehead atoms. The largest absolute Gasteiger partial charge is 0.744 e. The van der Waals surface area contributed by atoms with Crippen LogP contribution in [0.5, 0.6) is 5.75 Å². The number of aliphatic hydroxyl groups excluding tert-OH is 1. The van der Waals surface area contributed by atoms with E-state index in [1.165, 1.54) is 19.2 Å². The molecule has 8 nitrogen and oxygen atoms in total. The summed E-state index contributed by atoms with van der Waals surface area (Å²) in [6, 6.07) is 12.9. The van der Waals surface area contributed by atoms with Crippen molar-refractivity contribution in [1.29, 1.82) is 0 Å². The van der Waals surface area contributed by atoms with Crippen molar-refractivity contribution in [2.45, 2.75) is 24.3 Å². The molecule has 178 valence electrons. The maximum Gasteiger partial charge on any atom is 0.229 e. The molecule has 0 aliphatic heterocycles. The number of nitrogens with one attached hydrogen (secondary N) is 1. The van der Waals surface area contributed by atoms with Gasteiger partial charge in [0.25, 0.3) is 0 Å². The Labute approximate surface area is 193 Å². The molecule has 0 aromatic heterocycles. The highest BCUT2D eigenvalue weighted by Crippen LogP contribution is 2.16. The summed E-state index contributed by atoms with van der Waals surface area (Å²) in [5.74, 6) is 1.58. The standard InChI is InChI=1S/C15H23NO4S.C7H8O3S/c1-19-10-13(17)11-20-14-6-4-12(5-7-14)16-15(18)8-9-21(2)3;1-6-2-4-7(5-3-6)11(8,9)10/h4-7,13,17H,8-11H2,1-3H3;2-5H,1H3,(H,8,9,10). The predicted octanol–water partition coefficient (Wildman–Crippen LogP) is 2.18. The highest BCUT2D eigenvalue weighted by Gasteiger charge is 2.09. The van der Waals surface area contributed by atoms with Crippen LogP contribution >= 0.6 is 0 Å². The lowest BCUT2D eigenvalue weighted by Gasteiger charge is -2.12. The number of amides is 1. The number of methoxy groups -OCH3 is 1. The molecule has 0 spiro atoms. The van der Waals surface area contributed by atoms with Crippen LogP contribution in [0.15, 0.2) is 53.4 Å². The Bertz CT molecular complexity index is 914. The third-order valence-corrected chi connectivity index (χ3v) is 5.86. The molecule has 0 aliphatic carbocycles. The molecule has 0 heterocycles. The van der Waals surface area contributed by atoms with E-state index in [4.69, 9.17) is 9.47 Å². The Morgan fingerprint density at radius 3 is 2.19 bits per heavy atom. The molecule has 0 fully saturated rings. The van der Waals surface area contributed by atoms with Crippen molar-refractivity contribution >= 4 is 32.6 Å². The van der Waals surface area contributed by atoms with E-state index in [-0.39, 0.29) is 34.9 Å². The fourth-order valence-corrected chi connectivity index (χ4v) is 3.36. The minimum atomic E-state index is -4.27. The van der Waals surface area contributed by atoms with Crippen LogP contribution in [0.2, 0.25) is 0 Å².